The molecule has 1 aromatic rings. The summed E-state index contributed by atoms with van der Waals surface area (Å²) in [6.45, 7) is 2.97. The summed E-state index contributed by atoms with van der Waals surface area (Å²) in [6.07, 6.45) is 4.97. The van der Waals surface area contributed by atoms with E-state index in [1.807, 2.05) is 0 Å². The molecule has 2 heterocycles. The van der Waals surface area contributed by atoms with Crippen LogP contribution in [-0.2, 0) is 11.2 Å². The summed E-state index contributed by atoms with van der Waals surface area (Å²) in [4.78, 5) is 0. The van der Waals surface area contributed by atoms with E-state index in [2.05, 4.69) is 23.5 Å². The molecule has 3 rings (SSSR count). The van der Waals surface area contributed by atoms with Crippen molar-refractivity contribution in [3.63, 3.8) is 0 Å². The number of rotatable bonds is 1. The van der Waals surface area contributed by atoms with Crippen LogP contribution in [0.1, 0.15) is 36.3 Å². The number of benzene rings is 1. The zero-order chi connectivity index (χ0) is 10.8. The monoisotopic (exact) mass is 217 g/mol. The van der Waals surface area contributed by atoms with Gasteiger partial charge in [-0.05, 0) is 36.8 Å². The van der Waals surface area contributed by atoms with Crippen molar-refractivity contribution < 1.29 is 4.74 Å². The van der Waals surface area contributed by atoms with Gasteiger partial charge in [0.15, 0.2) is 0 Å². The van der Waals surface area contributed by atoms with E-state index in [0.29, 0.717) is 5.92 Å². The standard InChI is InChI=1S/C14H19NO/c1-4-11-5-2-8-15-14(11)13(7-1)12-6-3-9-16-10-12/h1,4,7,12,15H,2-3,5-6,8-10H2. The number of para-hydroxylation sites is 1. The predicted octanol–water partition coefficient (Wildman–Crippen LogP) is 2.94. The first kappa shape index (κ1) is 10.2. The van der Waals surface area contributed by atoms with Crippen LogP contribution < -0.4 is 5.32 Å². The molecule has 1 aromatic carbocycles. The van der Waals surface area contributed by atoms with Gasteiger partial charge in [0.2, 0.25) is 0 Å². The third kappa shape index (κ3) is 1.82. The molecule has 86 valence electrons. The fraction of sp³-hybridized carbons (Fsp3) is 0.571. The predicted molar refractivity (Wildman–Crippen MR) is 66.0 cm³/mol. The van der Waals surface area contributed by atoms with Crippen LogP contribution in [0.4, 0.5) is 5.69 Å². The highest BCUT2D eigenvalue weighted by molar-refractivity contribution is 5.60. The molecule has 0 aliphatic carbocycles. The maximum absolute atomic E-state index is 5.60. The molecule has 0 radical (unpaired) electrons. The maximum Gasteiger partial charge on any atom is 0.0535 e. The molecule has 2 heteroatoms. The second kappa shape index (κ2) is 4.46. The van der Waals surface area contributed by atoms with Crippen LogP contribution in [0, 0.1) is 0 Å². The second-order valence-corrected chi connectivity index (χ2v) is 4.83. The molecular formula is C14H19NO. The largest absolute Gasteiger partial charge is 0.385 e. The van der Waals surface area contributed by atoms with Gasteiger partial charge in [0.25, 0.3) is 0 Å². The van der Waals surface area contributed by atoms with Crippen LogP contribution in [0.15, 0.2) is 18.2 Å². The Labute approximate surface area is 97.0 Å². The highest BCUT2D eigenvalue weighted by atomic mass is 16.5. The molecule has 0 bridgehead atoms. The molecule has 0 spiro atoms. The van der Waals surface area contributed by atoms with Gasteiger partial charge in [0, 0.05) is 24.8 Å². The quantitative estimate of drug-likeness (QED) is 0.781. The minimum absolute atomic E-state index is 0.606. The van der Waals surface area contributed by atoms with Crippen molar-refractivity contribution in [2.75, 3.05) is 25.1 Å². The van der Waals surface area contributed by atoms with E-state index >= 15 is 0 Å². The molecule has 1 saturated heterocycles. The highest BCUT2D eigenvalue weighted by Gasteiger charge is 2.21. The van der Waals surface area contributed by atoms with Crippen LogP contribution in [0.5, 0.6) is 0 Å². The molecule has 0 amide bonds. The second-order valence-electron chi connectivity index (χ2n) is 4.83. The molecule has 16 heavy (non-hydrogen) atoms. The Morgan fingerprint density at radius 1 is 1.25 bits per heavy atom. The molecule has 2 aliphatic rings. The van der Waals surface area contributed by atoms with Crippen LogP contribution >= 0.6 is 0 Å². The Morgan fingerprint density at radius 3 is 3.12 bits per heavy atom. The van der Waals surface area contributed by atoms with E-state index < -0.39 is 0 Å². The molecule has 1 atom stereocenters. The van der Waals surface area contributed by atoms with Gasteiger partial charge in [0.05, 0.1) is 6.61 Å². The SMILES string of the molecule is c1cc2c(c(C3CCCOC3)c1)NCCC2. The summed E-state index contributed by atoms with van der Waals surface area (Å²) in [5.74, 6) is 0.606. The van der Waals surface area contributed by atoms with Gasteiger partial charge in [-0.2, -0.15) is 0 Å². The Hall–Kier alpha value is -1.02. The van der Waals surface area contributed by atoms with E-state index in [-0.39, 0.29) is 0 Å². The van der Waals surface area contributed by atoms with Gasteiger partial charge < -0.3 is 10.1 Å². The van der Waals surface area contributed by atoms with E-state index in [9.17, 15) is 0 Å². The number of anilines is 1. The zero-order valence-electron chi connectivity index (χ0n) is 9.67. The molecule has 2 nitrogen and oxygen atoms in total. The van der Waals surface area contributed by atoms with Crippen molar-refractivity contribution in [1.29, 1.82) is 0 Å². The minimum Gasteiger partial charge on any atom is -0.385 e. The van der Waals surface area contributed by atoms with Gasteiger partial charge in [-0.3, -0.25) is 0 Å². The smallest absolute Gasteiger partial charge is 0.0535 e. The number of ether oxygens (including phenoxy) is 1. The van der Waals surface area contributed by atoms with Crippen LogP contribution in [0.3, 0.4) is 0 Å². The number of nitrogens with one attached hydrogen (secondary N) is 1. The third-order valence-electron chi connectivity index (χ3n) is 3.71. The fourth-order valence-corrected chi connectivity index (χ4v) is 2.86. The van der Waals surface area contributed by atoms with Gasteiger partial charge >= 0.3 is 0 Å². The lowest BCUT2D eigenvalue weighted by atomic mass is 9.88. The van der Waals surface area contributed by atoms with Crippen LogP contribution in [-0.4, -0.2) is 19.8 Å². The molecule has 1 fully saturated rings. The van der Waals surface area contributed by atoms with Crippen molar-refractivity contribution >= 4 is 5.69 Å². The van der Waals surface area contributed by atoms with Crippen LogP contribution in [0.2, 0.25) is 0 Å². The normalized spacial score (nSPS) is 24.6. The first-order valence-corrected chi connectivity index (χ1v) is 6.38. The molecule has 2 aliphatic heterocycles. The lowest BCUT2D eigenvalue weighted by Gasteiger charge is -2.28. The number of aryl methyl sites for hydroxylation is 1. The summed E-state index contributed by atoms with van der Waals surface area (Å²) >= 11 is 0. The molecule has 1 unspecified atom stereocenters. The Morgan fingerprint density at radius 2 is 2.25 bits per heavy atom. The van der Waals surface area contributed by atoms with Gasteiger partial charge in [-0.25, -0.2) is 0 Å². The van der Waals surface area contributed by atoms with Crippen molar-refractivity contribution in [2.24, 2.45) is 0 Å². The Balaban J connectivity index is 1.93. The van der Waals surface area contributed by atoms with Crippen LogP contribution in [0.25, 0.3) is 0 Å². The lowest BCUT2D eigenvalue weighted by molar-refractivity contribution is 0.0806. The first-order valence-electron chi connectivity index (χ1n) is 6.38. The average molecular weight is 217 g/mol. The summed E-state index contributed by atoms with van der Waals surface area (Å²) in [5.41, 5.74) is 4.38. The number of hydrogen-bond donors (Lipinski definition) is 1. The first-order chi connectivity index (χ1) is 7.95. The van der Waals surface area contributed by atoms with E-state index in [4.69, 9.17) is 4.74 Å². The van der Waals surface area contributed by atoms with Crippen molar-refractivity contribution in [3.05, 3.63) is 29.3 Å². The van der Waals surface area contributed by atoms with E-state index in [1.165, 1.54) is 42.5 Å². The third-order valence-corrected chi connectivity index (χ3v) is 3.71. The number of hydrogen-bond acceptors (Lipinski definition) is 2. The molecule has 0 aromatic heterocycles. The maximum atomic E-state index is 5.60. The topological polar surface area (TPSA) is 21.3 Å². The fourth-order valence-electron chi connectivity index (χ4n) is 2.86. The van der Waals surface area contributed by atoms with Gasteiger partial charge in [0.1, 0.15) is 0 Å². The van der Waals surface area contributed by atoms with E-state index in [1.54, 1.807) is 0 Å². The minimum atomic E-state index is 0.606. The van der Waals surface area contributed by atoms with Crippen molar-refractivity contribution in [3.8, 4) is 0 Å². The van der Waals surface area contributed by atoms with Crippen molar-refractivity contribution in [1.82, 2.24) is 0 Å². The lowest BCUT2D eigenvalue weighted by Crippen LogP contribution is -2.20. The molecule has 0 saturated carbocycles. The summed E-state index contributed by atoms with van der Waals surface area (Å²) in [7, 11) is 0. The summed E-state index contributed by atoms with van der Waals surface area (Å²) in [6, 6.07) is 6.74. The van der Waals surface area contributed by atoms with Crippen molar-refractivity contribution in [2.45, 2.75) is 31.6 Å². The Bertz CT molecular complexity index is 369. The van der Waals surface area contributed by atoms with Gasteiger partial charge in [-0.15, -0.1) is 0 Å². The summed E-state index contributed by atoms with van der Waals surface area (Å²) in [5, 5.41) is 3.57. The zero-order valence-corrected chi connectivity index (χ0v) is 9.67. The highest BCUT2D eigenvalue weighted by Crippen LogP contribution is 2.35. The van der Waals surface area contributed by atoms with Gasteiger partial charge in [-0.1, -0.05) is 18.2 Å². The Kier molecular flexibility index (Phi) is 2.83. The molecular weight excluding hydrogens is 198 g/mol. The summed E-state index contributed by atoms with van der Waals surface area (Å²) < 4.78 is 5.60. The van der Waals surface area contributed by atoms with E-state index in [0.717, 1.165) is 19.8 Å². The molecule has 1 N–H and O–H groups in total. The average Bonchev–Trinajstić information content (AvgIpc) is 2.39. The number of fused-ring (bicyclic) bond motifs is 1.